The number of carbonyl (C=O) groups excluding carboxylic acids is 2. The highest BCUT2D eigenvalue weighted by atomic mass is 35.5. The molecule has 2 rings (SSSR count). The van der Waals surface area contributed by atoms with E-state index in [1.807, 2.05) is 0 Å². The van der Waals surface area contributed by atoms with Crippen LogP contribution >= 0.6 is 11.6 Å². The molecule has 6 heteroatoms. The van der Waals surface area contributed by atoms with Gasteiger partial charge in [0.15, 0.2) is 0 Å². The Hall–Kier alpha value is -2.27. The number of hydrogen-bond donors (Lipinski definition) is 3. The summed E-state index contributed by atoms with van der Waals surface area (Å²) in [6.45, 7) is 0. The molecule has 0 fully saturated rings. The Morgan fingerprint density at radius 3 is 2.42 bits per heavy atom. The van der Waals surface area contributed by atoms with Crippen molar-refractivity contribution >= 4 is 23.4 Å². The van der Waals surface area contributed by atoms with Gasteiger partial charge in [0.05, 0.1) is 0 Å². The lowest BCUT2D eigenvalue weighted by Crippen LogP contribution is -2.37. The fraction of sp³-hybridized carbons (Fsp3) is 0.0769. The van der Waals surface area contributed by atoms with Crippen molar-refractivity contribution in [2.75, 3.05) is 0 Å². The van der Waals surface area contributed by atoms with Gasteiger partial charge in [-0.2, -0.15) is 0 Å². The van der Waals surface area contributed by atoms with Gasteiger partial charge >= 0.3 is 0 Å². The minimum atomic E-state index is -0.895. The average Bonchev–Trinajstić information content (AvgIpc) is 2.90. The Labute approximate surface area is 114 Å². The maximum absolute atomic E-state index is 11.9. The van der Waals surface area contributed by atoms with Crippen molar-refractivity contribution in [3.05, 3.63) is 58.9 Å². The van der Waals surface area contributed by atoms with Crippen molar-refractivity contribution in [2.45, 2.75) is 6.04 Å². The highest BCUT2D eigenvalue weighted by molar-refractivity contribution is 6.30. The van der Waals surface area contributed by atoms with Crippen LogP contribution in [0.3, 0.4) is 0 Å². The number of aromatic nitrogens is 1. The third kappa shape index (κ3) is 3.14. The molecule has 1 aromatic carbocycles. The highest BCUT2D eigenvalue weighted by Crippen LogP contribution is 2.16. The number of benzene rings is 1. The quantitative estimate of drug-likeness (QED) is 0.793. The third-order valence-corrected chi connectivity index (χ3v) is 2.86. The molecule has 1 heterocycles. The maximum atomic E-state index is 11.9. The van der Waals surface area contributed by atoms with Crippen molar-refractivity contribution < 1.29 is 9.59 Å². The van der Waals surface area contributed by atoms with Crippen molar-refractivity contribution in [3.63, 3.8) is 0 Å². The minimum Gasteiger partial charge on any atom is -0.368 e. The van der Waals surface area contributed by atoms with Crippen molar-refractivity contribution in [1.82, 2.24) is 10.3 Å². The molecule has 19 heavy (non-hydrogen) atoms. The second-order valence-electron chi connectivity index (χ2n) is 3.94. The van der Waals surface area contributed by atoms with Crippen LogP contribution in [0.4, 0.5) is 0 Å². The Balaban J connectivity index is 2.19. The number of carbonyl (C=O) groups is 2. The first-order valence-corrected chi connectivity index (χ1v) is 5.95. The third-order valence-electron chi connectivity index (χ3n) is 2.61. The Morgan fingerprint density at radius 2 is 1.89 bits per heavy atom. The molecule has 1 atom stereocenters. The standard InChI is InChI=1S/C13H12ClN3O2/c14-9-5-3-8(4-6-9)11(12(15)18)17-13(19)10-2-1-7-16-10/h1-7,11,16H,(H2,15,18)(H,17,19). The Bertz CT molecular complexity index is 578. The van der Waals surface area contributed by atoms with Crippen LogP contribution in [0.1, 0.15) is 22.1 Å². The van der Waals surface area contributed by atoms with Crippen LogP contribution in [-0.4, -0.2) is 16.8 Å². The van der Waals surface area contributed by atoms with Gasteiger partial charge in [-0.05, 0) is 29.8 Å². The largest absolute Gasteiger partial charge is 0.368 e. The SMILES string of the molecule is NC(=O)C(NC(=O)c1ccc[nH]1)c1ccc(Cl)cc1. The molecule has 0 bridgehead atoms. The summed E-state index contributed by atoms with van der Waals surface area (Å²) in [5.74, 6) is -1.04. The molecule has 0 saturated heterocycles. The second kappa shape index (κ2) is 5.58. The Kier molecular flexibility index (Phi) is 3.87. The normalized spacial score (nSPS) is 11.8. The van der Waals surface area contributed by atoms with E-state index in [1.165, 1.54) is 0 Å². The van der Waals surface area contributed by atoms with Gasteiger partial charge in [0.25, 0.3) is 5.91 Å². The molecule has 0 saturated carbocycles. The number of aromatic amines is 1. The number of rotatable bonds is 4. The number of hydrogen-bond acceptors (Lipinski definition) is 2. The van der Waals surface area contributed by atoms with Gasteiger partial charge in [0.1, 0.15) is 11.7 Å². The predicted octanol–water partition coefficient (Wildman–Crippen LogP) is 1.62. The van der Waals surface area contributed by atoms with E-state index in [2.05, 4.69) is 10.3 Å². The summed E-state index contributed by atoms with van der Waals surface area (Å²) in [4.78, 5) is 26.1. The van der Waals surface area contributed by atoms with Crippen molar-refractivity contribution in [3.8, 4) is 0 Å². The number of halogens is 1. The lowest BCUT2D eigenvalue weighted by molar-refractivity contribution is -0.120. The first kappa shape index (κ1) is 13.2. The molecule has 4 N–H and O–H groups in total. The lowest BCUT2D eigenvalue weighted by Gasteiger charge is -2.15. The van der Waals surface area contributed by atoms with Crippen LogP contribution in [0.25, 0.3) is 0 Å². The summed E-state index contributed by atoms with van der Waals surface area (Å²) in [6, 6.07) is 8.96. The first-order valence-electron chi connectivity index (χ1n) is 5.57. The number of nitrogens with two attached hydrogens (primary N) is 1. The predicted molar refractivity (Wildman–Crippen MR) is 71.6 cm³/mol. The van der Waals surface area contributed by atoms with Gasteiger partial charge < -0.3 is 16.0 Å². The van der Waals surface area contributed by atoms with E-state index in [1.54, 1.807) is 42.6 Å². The summed E-state index contributed by atoms with van der Waals surface area (Å²) >= 11 is 5.77. The zero-order chi connectivity index (χ0) is 13.8. The fourth-order valence-electron chi connectivity index (χ4n) is 1.65. The maximum Gasteiger partial charge on any atom is 0.268 e. The van der Waals surface area contributed by atoms with Crippen LogP contribution < -0.4 is 11.1 Å². The van der Waals surface area contributed by atoms with Crippen molar-refractivity contribution in [1.29, 1.82) is 0 Å². The molecule has 0 aliphatic rings. The fourth-order valence-corrected chi connectivity index (χ4v) is 1.78. The van der Waals surface area contributed by atoms with E-state index in [4.69, 9.17) is 17.3 Å². The summed E-state index contributed by atoms with van der Waals surface area (Å²) in [5.41, 5.74) is 6.25. The molecule has 0 radical (unpaired) electrons. The van der Waals surface area contributed by atoms with Crippen LogP contribution in [0.2, 0.25) is 5.02 Å². The number of nitrogens with one attached hydrogen (secondary N) is 2. The lowest BCUT2D eigenvalue weighted by atomic mass is 10.1. The highest BCUT2D eigenvalue weighted by Gasteiger charge is 2.21. The molecule has 2 aromatic rings. The van der Waals surface area contributed by atoms with E-state index in [0.29, 0.717) is 16.3 Å². The summed E-state index contributed by atoms with van der Waals surface area (Å²) in [5, 5.41) is 3.11. The van der Waals surface area contributed by atoms with E-state index in [-0.39, 0.29) is 0 Å². The van der Waals surface area contributed by atoms with E-state index >= 15 is 0 Å². The molecule has 0 aliphatic carbocycles. The van der Waals surface area contributed by atoms with Gasteiger partial charge in [-0.3, -0.25) is 9.59 Å². The zero-order valence-electron chi connectivity index (χ0n) is 9.89. The number of primary amides is 1. The molecular formula is C13H12ClN3O2. The van der Waals surface area contributed by atoms with E-state index in [9.17, 15) is 9.59 Å². The van der Waals surface area contributed by atoms with E-state index in [0.717, 1.165) is 0 Å². The second-order valence-corrected chi connectivity index (χ2v) is 4.38. The molecule has 98 valence electrons. The van der Waals surface area contributed by atoms with Crippen LogP contribution in [-0.2, 0) is 4.79 Å². The van der Waals surface area contributed by atoms with Crippen molar-refractivity contribution in [2.24, 2.45) is 5.73 Å². The topological polar surface area (TPSA) is 88.0 Å². The van der Waals surface area contributed by atoms with Crippen LogP contribution in [0.5, 0.6) is 0 Å². The summed E-state index contributed by atoms with van der Waals surface area (Å²) in [7, 11) is 0. The zero-order valence-corrected chi connectivity index (χ0v) is 10.6. The van der Waals surface area contributed by atoms with E-state index < -0.39 is 17.9 Å². The summed E-state index contributed by atoms with van der Waals surface area (Å²) < 4.78 is 0. The average molecular weight is 278 g/mol. The first-order chi connectivity index (χ1) is 9.08. The molecule has 5 nitrogen and oxygen atoms in total. The van der Waals surface area contributed by atoms with Gasteiger partial charge in [-0.25, -0.2) is 0 Å². The Morgan fingerprint density at radius 1 is 1.21 bits per heavy atom. The monoisotopic (exact) mass is 277 g/mol. The smallest absolute Gasteiger partial charge is 0.268 e. The molecule has 2 amide bonds. The van der Waals surface area contributed by atoms with Crippen LogP contribution in [0, 0.1) is 0 Å². The number of H-pyrrole nitrogens is 1. The number of amides is 2. The van der Waals surface area contributed by atoms with Gasteiger partial charge in [-0.15, -0.1) is 0 Å². The van der Waals surface area contributed by atoms with Gasteiger partial charge in [-0.1, -0.05) is 23.7 Å². The van der Waals surface area contributed by atoms with Gasteiger partial charge in [0, 0.05) is 11.2 Å². The molecule has 1 aromatic heterocycles. The molecular weight excluding hydrogens is 266 g/mol. The van der Waals surface area contributed by atoms with Gasteiger partial charge in [0.2, 0.25) is 5.91 Å². The molecule has 1 unspecified atom stereocenters. The summed E-state index contributed by atoms with van der Waals surface area (Å²) in [6.07, 6.45) is 1.62. The minimum absolute atomic E-state index is 0.361. The molecule has 0 aliphatic heterocycles. The molecule has 0 spiro atoms. The van der Waals surface area contributed by atoms with Crippen LogP contribution in [0.15, 0.2) is 42.6 Å².